The summed E-state index contributed by atoms with van der Waals surface area (Å²) in [4.78, 5) is 34.5. The lowest BCUT2D eigenvalue weighted by Crippen LogP contribution is -2.59. The number of rotatable bonds is 4. The SMILES string of the molecule is O=C1CC[C@](C(=O)O)(C(=O)NCc2ccccc2)N1. The van der Waals surface area contributed by atoms with Crippen LogP contribution in [0.25, 0.3) is 0 Å². The summed E-state index contributed by atoms with van der Waals surface area (Å²) < 4.78 is 0. The molecule has 1 saturated heterocycles. The molecule has 6 heteroatoms. The Morgan fingerprint density at radius 1 is 1.32 bits per heavy atom. The van der Waals surface area contributed by atoms with Crippen molar-refractivity contribution >= 4 is 17.8 Å². The summed E-state index contributed by atoms with van der Waals surface area (Å²) in [5, 5.41) is 14.0. The summed E-state index contributed by atoms with van der Waals surface area (Å²) in [5.74, 6) is -2.43. The number of nitrogens with one attached hydrogen (secondary N) is 2. The molecule has 0 aromatic heterocycles. The van der Waals surface area contributed by atoms with Gasteiger partial charge >= 0.3 is 5.97 Å². The molecule has 19 heavy (non-hydrogen) atoms. The fourth-order valence-electron chi connectivity index (χ4n) is 2.02. The van der Waals surface area contributed by atoms with Crippen LogP contribution in [0.4, 0.5) is 0 Å². The van der Waals surface area contributed by atoms with E-state index in [2.05, 4.69) is 10.6 Å². The van der Waals surface area contributed by atoms with Crippen LogP contribution >= 0.6 is 0 Å². The number of carbonyl (C=O) groups excluding carboxylic acids is 2. The lowest BCUT2D eigenvalue weighted by Gasteiger charge is -2.22. The van der Waals surface area contributed by atoms with E-state index in [9.17, 15) is 19.5 Å². The highest BCUT2D eigenvalue weighted by atomic mass is 16.4. The van der Waals surface area contributed by atoms with E-state index in [4.69, 9.17) is 0 Å². The zero-order valence-electron chi connectivity index (χ0n) is 10.2. The van der Waals surface area contributed by atoms with E-state index >= 15 is 0 Å². The summed E-state index contributed by atoms with van der Waals surface area (Å²) in [6, 6.07) is 9.14. The predicted octanol–water partition coefficient (Wildman–Crippen LogP) is 0.0362. The first kappa shape index (κ1) is 13.1. The van der Waals surface area contributed by atoms with Crippen LogP contribution in [0.1, 0.15) is 18.4 Å². The molecule has 0 aliphatic carbocycles. The van der Waals surface area contributed by atoms with Gasteiger partial charge < -0.3 is 15.7 Å². The fourth-order valence-corrected chi connectivity index (χ4v) is 2.02. The number of aliphatic carboxylic acids is 1. The summed E-state index contributed by atoms with van der Waals surface area (Å²) in [5.41, 5.74) is -0.966. The zero-order chi connectivity index (χ0) is 13.9. The van der Waals surface area contributed by atoms with Gasteiger partial charge in [-0.2, -0.15) is 0 Å². The molecule has 1 heterocycles. The van der Waals surface area contributed by atoms with Gasteiger partial charge in [0.05, 0.1) is 0 Å². The van der Waals surface area contributed by atoms with Crippen LogP contribution in [-0.2, 0) is 20.9 Å². The molecular weight excluding hydrogens is 248 g/mol. The molecule has 0 spiro atoms. The van der Waals surface area contributed by atoms with E-state index < -0.39 is 23.3 Å². The van der Waals surface area contributed by atoms with Crippen LogP contribution in [0, 0.1) is 0 Å². The average molecular weight is 262 g/mol. The Balaban J connectivity index is 2.05. The Morgan fingerprint density at radius 2 is 2.00 bits per heavy atom. The van der Waals surface area contributed by atoms with Crippen LogP contribution in [0.5, 0.6) is 0 Å². The largest absolute Gasteiger partial charge is 0.479 e. The molecule has 1 aliphatic rings. The van der Waals surface area contributed by atoms with Gasteiger partial charge in [-0.15, -0.1) is 0 Å². The number of amides is 2. The minimum absolute atomic E-state index is 0.0260. The maximum atomic E-state index is 12.0. The molecule has 0 unspecified atom stereocenters. The first-order chi connectivity index (χ1) is 9.04. The summed E-state index contributed by atoms with van der Waals surface area (Å²) in [6.45, 7) is 0.227. The van der Waals surface area contributed by atoms with E-state index in [0.29, 0.717) is 0 Å². The quantitative estimate of drug-likeness (QED) is 0.667. The molecule has 0 radical (unpaired) electrons. The highest BCUT2D eigenvalue weighted by Gasteiger charge is 2.51. The van der Waals surface area contributed by atoms with Crippen molar-refractivity contribution in [1.82, 2.24) is 10.6 Å². The van der Waals surface area contributed by atoms with Crippen molar-refractivity contribution in [3.05, 3.63) is 35.9 Å². The van der Waals surface area contributed by atoms with Crippen molar-refractivity contribution in [2.75, 3.05) is 0 Å². The number of carbonyl (C=O) groups is 3. The van der Waals surface area contributed by atoms with Crippen LogP contribution in [0.15, 0.2) is 30.3 Å². The molecule has 1 atom stereocenters. The van der Waals surface area contributed by atoms with Crippen LogP contribution in [0.3, 0.4) is 0 Å². The van der Waals surface area contributed by atoms with Crippen LogP contribution in [0.2, 0.25) is 0 Å². The number of hydrogen-bond acceptors (Lipinski definition) is 3. The van der Waals surface area contributed by atoms with Gasteiger partial charge in [0, 0.05) is 13.0 Å². The first-order valence-electron chi connectivity index (χ1n) is 5.91. The monoisotopic (exact) mass is 262 g/mol. The minimum atomic E-state index is -1.83. The topological polar surface area (TPSA) is 95.5 Å². The summed E-state index contributed by atoms with van der Waals surface area (Å²) >= 11 is 0. The van der Waals surface area contributed by atoms with E-state index in [1.165, 1.54) is 0 Å². The van der Waals surface area contributed by atoms with Crippen molar-refractivity contribution in [2.45, 2.75) is 24.9 Å². The van der Waals surface area contributed by atoms with Crippen molar-refractivity contribution in [3.8, 4) is 0 Å². The van der Waals surface area contributed by atoms with Gasteiger partial charge in [-0.25, -0.2) is 4.79 Å². The van der Waals surface area contributed by atoms with Crippen molar-refractivity contribution in [3.63, 3.8) is 0 Å². The summed E-state index contributed by atoms with van der Waals surface area (Å²) in [7, 11) is 0. The van der Waals surface area contributed by atoms with Gasteiger partial charge in [-0.05, 0) is 12.0 Å². The van der Waals surface area contributed by atoms with Gasteiger partial charge in [0.1, 0.15) is 0 Å². The molecule has 0 saturated carbocycles. The molecule has 6 nitrogen and oxygen atoms in total. The third-order valence-corrected chi connectivity index (χ3v) is 3.13. The fraction of sp³-hybridized carbons (Fsp3) is 0.308. The van der Waals surface area contributed by atoms with Crippen LogP contribution in [-0.4, -0.2) is 28.4 Å². The maximum absolute atomic E-state index is 12.0. The van der Waals surface area contributed by atoms with Gasteiger partial charge in [0.2, 0.25) is 11.4 Å². The van der Waals surface area contributed by atoms with Crippen LogP contribution < -0.4 is 10.6 Å². The molecular formula is C13H14N2O4. The third kappa shape index (κ3) is 2.57. The van der Waals surface area contributed by atoms with Gasteiger partial charge in [0.25, 0.3) is 5.91 Å². The molecule has 1 aromatic carbocycles. The standard InChI is InChI=1S/C13H14N2O4/c16-10-6-7-13(15-10,12(18)19)11(17)14-8-9-4-2-1-3-5-9/h1-5H,6-8H2,(H,14,17)(H,15,16)(H,18,19)/t13-/m1/s1. The second kappa shape index (κ2) is 5.09. The summed E-state index contributed by atoms with van der Waals surface area (Å²) in [6.07, 6.45) is 0.0207. The van der Waals surface area contributed by atoms with Gasteiger partial charge in [-0.3, -0.25) is 9.59 Å². The molecule has 100 valence electrons. The Morgan fingerprint density at radius 3 is 2.53 bits per heavy atom. The second-order valence-electron chi connectivity index (χ2n) is 4.43. The Bertz CT molecular complexity index is 515. The Labute approximate surface area is 109 Å². The highest BCUT2D eigenvalue weighted by Crippen LogP contribution is 2.21. The number of carboxylic acid groups (broad SMARTS) is 1. The normalized spacial score (nSPS) is 21.8. The zero-order valence-corrected chi connectivity index (χ0v) is 10.2. The van der Waals surface area contributed by atoms with Crippen molar-refractivity contribution < 1.29 is 19.5 Å². The second-order valence-corrected chi connectivity index (χ2v) is 4.43. The highest BCUT2D eigenvalue weighted by molar-refractivity contribution is 6.11. The number of carboxylic acids is 1. The lowest BCUT2D eigenvalue weighted by molar-refractivity contribution is -0.151. The first-order valence-corrected chi connectivity index (χ1v) is 5.91. The molecule has 1 aliphatic heterocycles. The molecule has 2 rings (SSSR count). The maximum Gasteiger partial charge on any atom is 0.339 e. The molecule has 2 amide bonds. The van der Waals surface area contributed by atoms with E-state index in [-0.39, 0.29) is 19.4 Å². The lowest BCUT2D eigenvalue weighted by atomic mass is 9.96. The molecule has 3 N–H and O–H groups in total. The van der Waals surface area contributed by atoms with Crippen molar-refractivity contribution in [2.24, 2.45) is 0 Å². The molecule has 0 bridgehead atoms. The minimum Gasteiger partial charge on any atom is -0.479 e. The number of benzene rings is 1. The van der Waals surface area contributed by atoms with Crippen molar-refractivity contribution in [1.29, 1.82) is 0 Å². The Hall–Kier alpha value is -2.37. The smallest absolute Gasteiger partial charge is 0.339 e. The van der Waals surface area contributed by atoms with E-state index in [1.54, 1.807) is 0 Å². The van der Waals surface area contributed by atoms with Gasteiger partial charge in [-0.1, -0.05) is 30.3 Å². The van der Waals surface area contributed by atoms with E-state index in [0.717, 1.165) is 5.56 Å². The average Bonchev–Trinajstić information content (AvgIpc) is 2.81. The Kier molecular flexibility index (Phi) is 3.50. The van der Waals surface area contributed by atoms with Gasteiger partial charge in [0.15, 0.2) is 0 Å². The third-order valence-electron chi connectivity index (χ3n) is 3.13. The molecule has 1 fully saturated rings. The number of hydrogen-bond donors (Lipinski definition) is 3. The molecule has 1 aromatic rings. The van der Waals surface area contributed by atoms with E-state index in [1.807, 2.05) is 30.3 Å². The predicted molar refractivity (Wildman–Crippen MR) is 66.0 cm³/mol.